The molecule has 5 nitrogen and oxygen atoms in total. The number of nitrogen functional groups attached to an aromatic ring is 1. The summed E-state index contributed by atoms with van der Waals surface area (Å²) < 4.78 is 1.37. The van der Waals surface area contributed by atoms with Gasteiger partial charge in [0.2, 0.25) is 5.91 Å². The lowest BCUT2D eigenvalue weighted by Gasteiger charge is -2.27. The molecule has 1 amide bonds. The molecule has 0 aromatic carbocycles. The molecule has 1 aliphatic carbocycles. The molecule has 0 spiro atoms. The highest BCUT2D eigenvalue weighted by atomic mass is 16.2. The number of rotatable bonds is 5. The number of pyridine rings is 1. The summed E-state index contributed by atoms with van der Waals surface area (Å²) >= 11 is 0. The molecule has 0 bridgehead atoms. The third kappa shape index (κ3) is 3.59. The van der Waals surface area contributed by atoms with Gasteiger partial charge in [-0.2, -0.15) is 0 Å². The Kier molecular flexibility index (Phi) is 3.93. The van der Waals surface area contributed by atoms with E-state index in [1.165, 1.54) is 29.7 Å². The van der Waals surface area contributed by atoms with Gasteiger partial charge < -0.3 is 15.2 Å². The molecular formula is C14H21N3O2. The Morgan fingerprint density at radius 3 is 2.74 bits per heavy atom. The first kappa shape index (κ1) is 13.6. The highest BCUT2D eigenvalue weighted by Gasteiger charge is 2.28. The molecule has 5 heteroatoms. The van der Waals surface area contributed by atoms with E-state index in [1.807, 2.05) is 18.7 Å². The highest BCUT2D eigenvalue weighted by molar-refractivity contribution is 5.76. The minimum atomic E-state index is -0.197. The molecule has 0 radical (unpaired) electrons. The highest BCUT2D eigenvalue weighted by Crippen LogP contribution is 2.30. The Hall–Kier alpha value is -1.78. The normalized spacial score (nSPS) is 14.7. The molecule has 1 heterocycles. The first-order valence-corrected chi connectivity index (χ1v) is 6.73. The molecule has 0 unspecified atom stereocenters. The standard InChI is InChI=1S/C14H21N3O2/c1-10(2)17(7-11-3-4-11)14(19)9-16-8-12(15)5-6-13(16)18/h5-6,8,10-11H,3-4,7,9,15H2,1-2H3. The lowest BCUT2D eigenvalue weighted by molar-refractivity contribution is -0.133. The van der Waals surface area contributed by atoms with Gasteiger partial charge in [0.15, 0.2) is 0 Å². The van der Waals surface area contributed by atoms with Gasteiger partial charge in [0.25, 0.3) is 5.56 Å². The van der Waals surface area contributed by atoms with E-state index in [2.05, 4.69) is 0 Å². The lowest BCUT2D eigenvalue weighted by Crippen LogP contribution is -2.41. The number of carbonyl (C=O) groups is 1. The molecule has 1 aromatic rings. The summed E-state index contributed by atoms with van der Waals surface area (Å²) in [5, 5.41) is 0. The summed E-state index contributed by atoms with van der Waals surface area (Å²) in [5.74, 6) is 0.624. The predicted molar refractivity (Wildman–Crippen MR) is 74.7 cm³/mol. The van der Waals surface area contributed by atoms with Gasteiger partial charge in [0.05, 0.1) is 0 Å². The van der Waals surface area contributed by atoms with E-state index >= 15 is 0 Å². The number of amides is 1. The maximum Gasteiger partial charge on any atom is 0.251 e. The smallest absolute Gasteiger partial charge is 0.251 e. The van der Waals surface area contributed by atoms with Crippen molar-refractivity contribution in [3.63, 3.8) is 0 Å². The minimum absolute atomic E-state index is 0.0189. The topological polar surface area (TPSA) is 68.3 Å². The maximum absolute atomic E-state index is 12.3. The summed E-state index contributed by atoms with van der Waals surface area (Å²) in [6, 6.07) is 3.10. The van der Waals surface area contributed by atoms with Crippen LogP contribution in [0.2, 0.25) is 0 Å². The van der Waals surface area contributed by atoms with Gasteiger partial charge in [0, 0.05) is 30.5 Å². The van der Waals surface area contributed by atoms with Crippen molar-refractivity contribution in [2.45, 2.75) is 39.3 Å². The maximum atomic E-state index is 12.3. The van der Waals surface area contributed by atoms with Crippen LogP contribution in [0, 0.1) is 5.92 Å². The Labute approximate surface area is 113 Å². The number of nitrogens with zero attached hydrogens (tertiary/aromatic N) is 2. The van der Waals surface area contributed by atoms with Crippen LogP contribution >= 0.6 is 0 Å². The largest absolute Gasteiger partial charge is 0.398 e. The Balaban J connectivity index is 2.09. The molecule has 0 saturated heterocycles. The summed E-state index contributed by atoms with van der Waals surface area (Å²) in [6.07, 6.45) is 3.93. The van der Waals surface area contributed by atoms with Crippen molar-refractivity contribution in [3.8, 4) is 0 Å². The van der Waals surface area contributed by atoms with E-state index < -0.39 is 0 Å². The molecule has 2 N–H and O–H groups in total. The molecule has 1 fully saturated rings. The second-order valence-corrected chi connectivity index (χ2v) is 5.51. The molecule has 1 aromatic heterocycles. The van der Waals surface area contributed by atoms with Crippen molar-refractivity contribution >= 4 is 11.6 Å². The number of hydrogen-bond acceptors (Lipinski definition) is 3. The summed E-state index contributed by atoms with van der Waals surface area (Å²) in [6.45, 7) is 4.87. The van der Waals surface area contributed by atoms with Crippen LogP contribution in [-0.2, 0) is 11.3 Å². The van der Waals surface area contributed by atoms with Crippen molar-refractivity contribution in [3.05, 3.63) is 28.7 Å². The van der Waals surface area contributed by atoms with Crippen LogP contribution < -0.4 is 11.3 Å². The third-order valence-corrected chi connectivity index (χ3v) is 3.41. The third-order valence-electron chi connectivity index (χ3n) is 3.41. The van der Waals surface area contributed by atoms with Crippen LogP contribution in [0.1, 0.15) is 26.7 Å². The molecule has 0 aliphatic heterocycles. The summed E-state index contributed by atoms with van der Waals surface area (Å²) in [5.41, 5.74) is 5.94. The quantitative estimate of drug-likeness (QED) is 0.864. The van der Waals surface area contributed by atoms with E-state index in [0.717, 1.165) is 6.54 Å². The molecule has 0 atom stereocenters. The zero-order chi connectivity index (χ0) is 14.0. The van der Waals surface area contributed by atoms with E-state index in [4.69, 9.17) is 5.73 Å². The number of nitrogens with two attached hydrogens (primary N) is 1. The van der Waals surface area contributed by atoms with Crippen LogP contribution in [0.15, 0.2) is 23.1 Å². The van der Waals surface area contributed by atoms with Gasteiger partial charge in [-0.1, -0.05) is 0 Å². The van der Waals surface area contributed by atoms with Gasteiger partial charge >= 0.3 is 0 Å². The van der Waals surface area contributed by atoms with E-state index in [-0.39, 0.29) is 24.1 Å². The van der Waals surface area contributed by atoms with Crippen LogP contribution in [0.25, 0.3) is 0 Å². The molecular weight excluding hydrogens is 242 g/mol. The van der Waals surface area contributed by atoms with E-state index in [1.54, 1.807) is 6.07 Å². The van der Waals surface area contributed by atoms with Gasteiger partial charge in [-0.05, 0) is 38.7 Å². The molecule has 19 heavy (non-hydrogen) atoms. The predicted octanol–water partition coefficient (Wildman–Crippen LogP) is 1.08. The number of carbonyl (C=O) groups excluding carboxylic acids is 1. The van der Waals surface area contributed by atoms with Crippen molar-refractivity contribution in [2.75, 3.05) is 12.3 Å². The first-order valence-electron chi connectivity index (χ1n) is 6.73. The van der Waals surface area contributed by atoms with Crippen molar-refractivity contribution in [1.82, 2.24) is 9.47 Å². The Morgan fingerprint density at radius 1 is 1.47 bits per heavy atom. The molecule has 2 rings (SSSR count). The van der Waals surface area contributed by atoms with Crippen LogP contribution in [-0.4, -0.2) is 28.0 Å². The number of aromatic nitrogens is 1. The first-order chi connectivity index (χ1) is 8.97. The average molecular weight is 263 g/mol. The van der Waals surface area contributed by atoms with Crippen molar-refractivity contribution in [1.29, 1.82) is 0 Å². The number of anilines is 1. The van der Waals surface area contributed by atoms with Crippen molar-refractivity contribution < 1.29 is 4.79 Å². The van der Waals surface area contributed by atoms with E-state index in [9.17, 15) is 9.59 Å². The molecule has 1 saturated carbocycles. The zero-order valence-corrected chi connectivity index (χ0v) is 11.5. The van der Waals surface area contributed by atoms with Crippen LogP contribution in [0.3, 0.4) is 0 Å². The second kappa shape index (κ2) is 5.47. The average Bonchev–Trinajstić information content (AvgIpc) is 3.14. The Bertz CT molecular complexity index is 518. The zero-order valence-electron chi connectivity index (χ0n) is 11.5. The summed E-state index contributed by atoms with van der Waals surface area (Å²) in [4.78, 5) is 25.8. The molecule has 1 aliphatic rings. The summed E-state index contributed by atoms with van der Waals surface area (Å²) in [7, 11) is 0. The lowest BCUT2D eigenvalue weighted by atomic mass is 10.2. The van der Waals surface area contributed by atoms with Gasteiger partial charge in [-0.3, -0.25) is 9.59 Å². The van der Waals surface area contributed by atoms with Gasteiger partial charge in [-0.15, -0.1) is 0 Å². The minimum Gasteiger partial charge on any atom is -0.398 e. The SMILES string of the molecule is CC(C)N(CC1CC1)C(=O)Cn1cc(N)ccc1=O. The second-order valence-electron chi connectivity index (χ2n) is 5.51. The van der Waals surface area contributed by atoms with Crippen LogP contribution in [0.5, 0.6) is 0 Å². The van der Waals surface area contributed by atoms with Gasteiger partial charge in [0.1, 0.15) is 6.54 Å². The van der Waals surface area contributed by atoms with E-state index in [0.29, 0.717) is 11.6 Å². The van der Waals surface area contributed by atoms with Crippen molar-refractivity contribution in [2.24, 2.45) is 5.92 Å². The number of hydrogen-bond donors (Lipinski definition) is 1. The fraction of sp³-hybridized carbons (Fsp3) is 0.571. The van der Waals surface area contributed by atoms with Crippen LogP contribution in [0.4, 0.5) is 5.69 Å². The monoisotopic (exact) mass is 263 g/mol. The Morgan fingerprint density at radius 2 is 2.16 bits per heavy atom. The fourth-order valence-corrected chi connectivity index (χ4v) is 2.09. The van der Waals surface area contributed by atoms with Gasteiger partial charge in [-0.25, -0.2) is 0 Å². The fourth-order valence-electron chi connectivity index (χ4n) is 2.09. The molecule has 104 valence electrons.